The summed E-state index contributed by atoms with van der Waals surface area (Å²) in [5.74, 6) is 0.982. The third-order valence-corrected chi connectivity index (χ3v) is 5.42. The van der Waals surface area contributed by atoms with Gasteiger partial charge in [0.15, 0.2) is 0 Å². The molecule has 1 aromatic carbocycles. The van der Waals surface area contributed by atoms with Crippen LogP contribution in [0.25, 0.3) is 0 Å². The third kappa shape index (κ3) is 3.14. The average molecular weight is 290 g/mol. The lowest BCUT2D eigenvalue weighted by Gasteiger charge is -2.24. The molecule has 0 radical (unpaired) electrons. The molecule has 2 nitrogen and oxygen atoms in total. The summed E-state index contributed by atoms with van der Waals surface area (Å²) in [6.45, 7) is 1.75. The van der Waals surface area contributed by atoms with Crippen LogP contribution in [0, 0.1) is 11.7 Å². The molecule has 3 rings (SSSR count). The van der Waals surface area contributed by atoms with Crippen molar-refractivity contribution in [3.63, 3.8) is 0 Å². The van der Waals surface area contributed by atoms with E-state index in [1.54, 1.807) is 6.07 Å². The summed E-state index contributed by atoms with van der Waals surface area (Å²) >= 11 is 0. The van der Waals surface area contributed by atoms with Crippen LogP contribution in [0.4, 0.5) is 4.39 Å². The predicted molar refractivity (Wildman–Crippen MR) is 84.8 cm³/mol. The smallest absolute Gasteiger partial charge is 0.127 e. The van der Waals surface area contributed by atoms with Gasteiger partial charge in [0, 0.05) is 12.6 Å². The van der Waals surface area contributed by atoms with Gasteiger partial charge in [-0.25, -0.2) is 4.39 Å². The molecule has 0 aromatic heterocycles. The van der Waals surface area contributed by atoms with Crippen LogP contribution < -0.4 is 5.73 Å². The van der Waals surface area contributed by atoms with E-state index >= 15 is 0 Å². The van der Waals surface area contributed by atoms with Gasteiger partial charge in [0.1, 0.15) is 5.82 Å². The molecule has 1 aromatic rings. The Labute approximate surface area is 127 Å². The van der Waals surface area contributed by atoms with Crippen LogP contribution in [-0.4, -0.2) is 25.0 Å². The number of nitrogens with two attached hydrogens (primary N) is 1. The van der Waals surface area contributed by atoms with E-state index in [-0.39, 0.29) is 5.82 Å². The van der Waals surface area contributed by atoms with Crippen LogP contribution >= 0.6 is 0 Å². The Bertz CT molecular complexity index is 482. The molecule has 0 spiro atoms. The van der Waals surface area contributed by atoms with Crippen molar-refractivity contribution in [1.29, 1.82) is 0 Å². The zero-order valence-electron chi connectivity index (χ0n) is 13.0. The lowest BCUT2D eigenvalue weighted by molar-refractivity contribution is 0.312. The Morgan fingerprint density at radius 2 is 2.00 bits per heavy atom. The fraction of sp³-hybridized carbons (Fsp3) is 0.667. The summed E-state index contributed by atoms with van der Waals surface area (Å²) in [6, 6.07) is 6.30. The maximum Gasteiger partial charge on any atom is 0.127 e. The molecule has 21 heavy (non-hydrogen) atoms. The van der Waals surface area contributed by atoms with Gasteiger partial charge in [-0.05, 0) is 61.9 Å². The molecule has 2 fully saturated rings. The highest BCUT2D eigenvalue weighted by Gasteiger charge is 2.30. The lowest BCUT2D eigenvalue weighted by atomic mass is 9.83. The van der Waals surface area contributed by atoms with Crippen LogP contribution in [0.2, 0.25) is 0 Å². The highest BCUT2D eigenvalue weighted by Crippen LogP contribution is 2.37. The van der Waals surface area contributed by atoms with Crippen LogP contribution in [0.15, 0.2) is 18.2 Å². The van der Waals surface area contributed by atoms with Crippen molar-refractivity contribution in [3.8, 4) is 0 Å². The van der Waals surface area contributed by atoms with Gasteiger partial charge < -0.3 is 5.73 Å². The van der Waals surface area contributed by atoms with E-state index in [0.717, 1.165) is 43.5 Å². The maximum absolute atomic E-state index is 14.6. The summed E-state index contributed by atoms with van der Waals surface area (Å²) in [6.07, 6.45) is 7.15. The minimum absolute atomic E-state index is 0.00370. The second kappa shape index (κ2) is 6.45. The standard InChI is InChI=1S/C18H27FN2/c1-21-12-13(11-20)9-18(21)15-7-8-16(17(19)10-15)14-5-3-2-4-6-14/h7-8,10,13-14,18H,2-6,9,11-12,20H2,1H3. The Kier molecular flexibility index (Phi) is 4.60. The molecule has 2 aliphatic rings. The molecule has 1 heterocycles. The van der Waals surface area contributed by atoms with E-state index in [4.69, 9.17) is 5.73 Å². The van der Waals surface area contributed by atoms with Gasteiger partial charge in [0.05, 0.1) is 0 Å². The monoisotopic (exact) mass is 290 g/mol. The van der Waals surface area contributed by atoms with Crippen molar-refractivity contribution in [3.05, 3.63) is 35.1 Å². The van der Waals surface area contributed by atoms with Gasteiger partial charge in [-0.15, -0.1) is 0 Å². The molecule has 1 saturated carbocycles. The van der Waals surface area contributed by atoms with E-state index in [2.05, 4.69) is 18.0 Å². The molecule has 0 amide bonds. The van der Waals surface area contributed by atoms with Gasteiger partial charge in [-0.3, -0.25) is 4.90 Å². The van der Waals surface area contributed by atoms with E-state index in [9.17, 15) is 4.39 Å². The van der Waals surface area contributed by atoms with E-state index < -0.39 is 0 Å². The molecule has 2 atom stereocenters. The first-order chi connectivity index (χ1) is 10.2. The van der Waals surface area contributed by atoms with Crippen molar-refractivity contribution >= 4 is 0 Å². The highest BCUT2D eigenvalue weighted by atomic mass is 19.1. The number of halogens is 1. The van der Waals surface area contributed by atoms with Crippen LogP contribution in [0.1, 0.15) is 61.6 Å². The zero-order chi connectivity index (χ0) is 14.8. The summed E-state index contributed by atoms with van der Waals surface area (Å²) in [5.41, 5.74) is 7.84. The first-order valence-electron chi connectivity index (χ1n) is 8.38. The normalized spacial score (nSPS) is 28.1. The topological polar surface area (TPSA) is 29.3 Å². The fourth-order valence-electron chi connectivity index (χ4n) is 4.16. The first kappa shape index (κ1) is 15.0. The maximum atomic E-state index is 14.6. The Morgan fingerprint density at radius 3 is 2.62 bits per heavy atom. The van der Waals surface area contributed by atoms with Crippen LogP contribution in [-0.2, 0) is 0 Å². The van der Waals surface area contributed by atoms with Gasteiger partial charge in [0.25, 0.3) is 0 Å². The van der Waals surface area contributed by atoms with Gasteiger partial charge in [-0.2, -0.15) is 0 Å². The minimum atomic E-state index is 0.00370. The van der Waals surface area contributed by atoms with Gasteiger partial charge in [0.2, 0.25) is 0 Å². The summed E-state index contributed by atoms with van der Waals surface area (Å²) < 4.78 is 14.6. The Morgan fingerprint density at radius 1 is 1.24 bits per heavy atom. The molecule has 1 saturated heterocycles. The number of hydrogen-bond acceptors (Lipinski definition) is 2. The minimum Gasteiger partial charge on any atom is -0.330 e. The average Bonchev–Trinajstić information content (AvgIpc) is 2.89. The number of nitrogens with zero attached hydrogens (tertiary/aromatic N) is 1. The van der Waals surface area contributed by atoms with Crippen molar-refractivity contribution in [2.75, 3.05) is 20.1 Å². The molecule has 2 N–H and O–H groups in total. The molecule has 1 aliphatic carbocycles. The van der Waals surface area contributed by atoms with Crippen molar-refractivity contribution in [2.45, 2.75) is 50.5 Å². The van der Waals surface area contributed by atoms with E-state index in [0.29, 0.717) is 17.9 Å². The second-order valence-electron chi connectivity index (χ2n) is 6.91. The van der Waals surface area contributed by atoms with Crippen molar-refractivity contribution in [2.24, 2.45) is 11.7 Å². The number of rotatable bonds is 3. The highest BCUT2D eigenvalue weighted by molar-refractivity contribution is 5.30. The fourth-order valence-corrected chi connectivity index (χ4v) is 4.16. The van der Waals surface area contributed by atoms with E-state index in [1.807, 2.05) is 6.07 Å². The second-order valence-corrected chi connectivity index (χ2v) is 6.91. The molecule has 116 valence electrons. The summed E-state index contributed by atoms with van der Waals surface area (Å²) in [5, 5.41) is 0. The van der Waals surface area contributed by atoms with Gasteiger partial charge in [-0.1, -0.05) is 31.4 Å². The van der Waals surface area contributed by atoms with Crippen molar-refractivity contribution < 1.29 is 4.39 Å². The lowest BCUT2D eigenvalue weighted by Crippen LogP contribution is -2.20. The Hall–Kier alpha value is -0.930. The molecular formula is C18H27FN2. The predicted octanol–water partition coefficient (Wildman–Crippen LogP) is 3.82. The van der Waals surface area contributed by atoms with Gasteiger partial charge >= 0.3 is 0 Å². The third-order valence-electron chi connectivity index (χ3n) is 5.42. The number of likely N-dealkylation sites (tertiary alicyclic amines) is 1. The molecule has 2 unspecified atom stereocenters. The van der Waals surface area contributed by atoms with Crippen molar-refractivity contribution in [1.82, 2.24) is 4.90 Å². The first-order valence-corrected chi connectivity index (χ1v) is 8.38. The molecule has 0 bridgehead atoms. The number of benzene rings is 1. The number of hydrogen-bond donors (Lipinski definition) is 1. The summed E-state index contributed by atoms with van der Waals surface area (Å²) in [7, 11) is 2.12. The van der Waals surface area contributed by atoms with E-state index in [1.165, 1.54) is 19.3 Å². The SMILES string of the molecule is CN1CC(CN)CC1c1ccc(C2CCCCC2)c(F)c1. The largest absolute Gasteiger partial charge is 0.330 e. The molecular weight excluding hydrogens is 263 g/mol. The summed E-state index contributed by atoms with van der Waals surface area (Å²) in [4.78, 5) is 2.31. The Balaban J connectivity index is 1.77. The molecule has 1 aliphatic heterocycles. The zero-order valence-corrected chi connectivity index (χ0v) is 13.0. The quantitative estimate of drug-likeness (QED) is 0.917. The molecule has 3 heteroatoms. The van der Waals surface area contributed by atoms with Crippen LogP contribution in [0.3, 0.4) is 0 Å². The van der Waals surface area contributed by atoms with Crippen LogP contribution in [0.5, 0.6) is 0 Å².